The van der Waals surface area contributed by atoms with E-state index in [1.54, 1.807) is 0 Å². The predicted molar refractivity (Wildman–Crippen MR) is 99.9 cm³/mol. The van der Waals surface area contributed by atoms with Gasteiger partial charge in [-0.15, -0.1) is 0 Å². The van der Waals surface area contributed by atoms with E-state index in [0.29, 0.717) is 13.2 Å². The number of aryl methyl sites for hydroxylation is 1. The van der Waals surface area contributed by atoms with Crippen LogP contribution in [0.15, 0.2) is 72.8 Å². The minimum atomic E-state index is 0.511. The van der Waals surface area contributed by atoms with E-state index in [2.05, 4.69) is 55.5 Å². The normalized spacial score (nSPS) is 10.6. The first-order valence-corrected chi connectivity index (χ1v) is 8.39. The van der Waals surface area contributed by atoms with Gasteiger partial charge in [0, 0.05) is 12.1 Å². The molecule has 0 aliphatic rings. The number of hydrogen-bond donors (Lipinski definition) is 1. The molecule has 0 bridgehead atoms. The molecule has 2 heteroatoms. The van der Waals surface area contributed by atoms with Crippen LogP contribution in [0.3, 0.4) is 0 Å². The smallest absolute Gasteiger partial charge is 0.127 e. The van der Waals surface area contributed by atoms with Crippen LogP contribution in [0, 0.1) is 0 Å². The zero-order valence-electron chi connectivity index (χ0n) is 14.0. The molecule has 3 aromatic rings. The van der Waals surface area contributed by atoms with E-state index in [1.807, 2.05) is 24.3 Å². The Morgan fingerprint density at radius 2 is 1.50 bits per heavy atom. The van der Waals surface area contributed by atoms with Gasteiger partial charge in [0.05, 0.1) is 0 Å². The first-order chi connectivity index (χ1) is 11.8. The Hall–Kier alpha value is -2.58. The molecule has 0 aliphatic carbocycles. The molecule has 0 fully saturated rings. The lowest BCUT2D eigenvalue weighted by molar-refractivity contribution is 0.307. The fourth-order valence-electron chi connectivity index (χ4n) is 2.71. The molecule has 3 aromatic carbocycles. The van der Waals surface area contributed by atoms with Crippen molar-refractivity contribution >= 4 is 0 Å². The van der Waals surface area contributed by atoms with E-state index in [4.69, 9.17) is 10.5 Å². The minimum absolute atomic E-state index is 0.511. The Morgan fingerprint density at radius 3 is 2.17 bits per heavy atom. The molecule has 0 heterocycles. The second-order valence-corrected chi connectivity index (χ2v) is 5.86. The van der Waals surface area contributed by atoms with E-state index >= 15 is 0 Å². The van der Waals surface area contributed by atoms with Crippen LogP contribution in [0.25, 0.3) is 11.1 Å². The molecule has 3 rings (SSSR count). The van der Waals surface area contributed by atoms with Crippen LogP contribution in [0.1, 0.15) is 23.6 Å². The molecule has 24 heavy (non-hydrogen) atoms. The van der Waals surface area contributed by atoms with Crippen LogP contribution >= 0.6 is 0 Å². The van der Waals surface area contributed by atoms with Gasteiger partial charge in [-0.3, -0.25) is 0 Å². The van der Waals surface area contributed by atoms with Crippen LogP contribution < -0.4 is 10.5 Å². The summed E-state index contributed by atoms with van der Waals surface area (Å²) in [6.07, 6.45) is 1.05. The van der Waals surface area contributed by atoms with Gasteiger partial charge < -0.3 is 10.5 Å². The zero-order valence-corrected chi connectivity index (χ0v) is 14.0. The fourth-order valence-corrected chi connectivity index (χ4v) is 2.71. The van der Waals surface area contributed by atoms with E-state index in [9.17, 15) is 0 Å². The number of nitrogens with two attached hydrogens (primary N) is 1. The van der Waals surface area contributed by atoms with Gasteiger partial charge in [-0.1, -0.05) is 73.7 Å². The molecule has 0 aliphatic heterocycles. The highest BCUT2D eigenvalue weighted by molar-refractivity contribution is 5.71. The Labute approximate surface area is 143 Å². The van der Waals surface area contributed by atoms with Crippen molar-refractivity contribution < 1.29 is 4.74 Å². The van der Waals surface area contributed by atoms with E-state index in [0.717, 1.165) is 28.9 Å². The van der Waals surface area contributed by atoms with Gasteiger partial charge in [-0.25, -0.2) is 0 Å². The third-order valence-electron chi connectivity index (χ3n) is 4.19. The standard InChI is InChI=1S/C22H23NO/c1-2-17-8-11-20(12-9-17)21-13-10-19(15-23)14-22(21)24-16-18-6-4-3-5-7-18/h3-14H,2,15-16,23H2,1H3. The molecule has 0 aromatic heterocycles. The highest BCUT2D eigenvalue weighted by Gasteiger charge is 2.08. The molecule has 2 N–H and O–H groups in total. The lowest BCUT2D eigenvalue weighted by atomic mass is 10.0. The average Bonchev–Trinajstić information content (AvgIpc) is 2.67. The van der Waals surface area contributed by atoms with Crippen molar-refractivity contribution in [3.8, 4) is 16.9 Å². The molecule has 0 unspecified atom stereocenters. The lowest BCUT2D eigenvalue weighted by Crippen LogP contribution is -2.00. The number of hydrogen-bond acceptors (Lipinski definition) is 2. The summed E-state index contributed by atoms with van der Waals surface area (Å²) in [4.78, 5) is 0. The van der Waals surface area contributed by atoms with Crippen LogP contribution in [-0.2, 0) is 19.6 Å². The van der Waals surface area contributed by atoms with Crippen LogP contribution in [0.4, 0.5) is 0 Å². The van der Waals surface area contributed by atoms with Crippen LogP contribution in [-0.4, -0.2) is 0 Å². The maximum atomic E-state index is 6.12. The molecule has 0 saturated carbocycles. The Kier molecular flexibility index (Phi) is 5.29. The van der Waals surface area contributed by atoms with Crippen molar-refractivity contribution in [1.82, 2.24) is 0 Å². The van der Waals surface area contributed by atoms with E-state index in [1.165, 1.54) is 11.1 Å². The summed E-state index contributed by atoms with van der Waals surface area (Å²) < 4.78 is 6.12. The van der Waals surface area contributed by atoms with Gasteiger partial charge in [0.2, 0.25) is 0 Å². The summed E-state index contributed by atoms with van der Waals surface area (Å²) in [5, 5.41) is 0. The highest BCUT2D eigenvalue weighted by atomic mass is 16.5. The maximum Gasteiger partial charge on any atom is 0.127 e. The number of ether oxygens (including phenoxy) is 1. The number of benzene rings is 3. The Balaban J connectivity index is 1.90. The van der Waals surface area contributed by atoms with Gasteiger partial charge in [0.25, 0.3) is 0 Å². The van der Waals surface area contributed by atoms with Gasteiger partial charge in [-0.05, 0) is 34.7 Å². The zero-order chi connectivity index (χ0) is 16.8. The largest absolute Gasteiger partial charge is 0.488 e. The average molecular weight is 317 g/mol. The molecular weight excluding hydrogens is 294 g/mol. The molecule has 122 valence electrons. The third kappa shape index (κ3) is 3.84. The van der Waals surface area contributed by atoms with Crippen LogP contribution in [0.5, 0.6) is 5.75 Å². The molecular formula is C22H23NO. The predicted octanol–water partition coefficient (Wildman–Crippen LogP) is 4.95. The van der Waals surface area contributed by atoms with Crippen molar-refractivity contribution in [3.05, 3.63) is 89.5 Å². The minimum Gasteiger partial charge on any atom is -0.488 e. The summed E-state index contributed by atoms with van der Waals surface area (Å²) in [7, 11) is 0. The summed E-state index contributed by atoms with van der Waals surface area (Å²) >= 11 is 0. The summed E-state index contributed by atoms with van der Waals surface area (Å²) in [6.45, 7) is 3.23. The van der Waals surface area contributed by atoms with Crippen molar-refractivity contribution in [3.63, 3.8) is 0 Å². The molecule has 2 nitrogen and oxygen atoms in total. The van der Waals surface area contributed by atoms with E-state index in [-0.39, 0.29) is 0 Å². The van der Waals surface area contributed by atoms with Crippen LogP contribution in [0.2, 0.25) is 0 Å². The second-order valence-electron chi connectivity index (χ2n) is 5.86. The molecule has 0 saturated heterocycles. The van der Waals surface area contributed by atoms with E-state index < -0.39 is 0 Å². The SMILES string of the molecule is CCc1ccc(-c2ccc(CN)cc2OCc2ccccc2)cc1. The molecule has 0 radical (unpaired) electrons. The van der Waals surface area contributed by atoms with Gasteiger partial charge in [0.1, 0.15) is 12.4 Å². The lowest BCUT2D eigenvalue weighted by Gasteiger charge is -2.14. The third-order valence-corrected chi connectivity index (χ3v) is 4.19. The molecule has 0 spiro atoms. The summed E-state index contributed by atoms with van der Waals surface area (Å²) in [5.41, 5.74) is 11.6. The number of rotatable bonds is 6. The van der Waals surface area contributed by atoms with Gasteiger partial charge in [0.15, 0.2) is 0 Å². The van der Waals surface area contributed by atoms with Crippen molar-refractivity contribution in [1.29, 1.82) is 0 Å². The van der Waals surface area contributed by atoms with Crippen molar-refractivity contribution in [2.45, 2.75) is 26.5 Å². The quantitative estimate of drug-likeness (QED) is 0.698. The van der Waals surface area contributed by atoms with Crippen molar-refractivity contribution in [2.75, 3.05) is 0 Å². The van der Waals surface area contributed by atoms with Gasteiger partial charge >= 0.3 is 0 Å². The fraction of sp³-hybridized carbons (Fsp3) is 0.182. The Bertz CT molecular complexity index is 779. The van der Waals surface area contributed by atoms with Crippen molar-refractivity contribution in [2.24, 2.45) is 5.73 Å². The Morgan fingerprint density at radius 1 is 0.792 bits per heavy atom. The molecule has 0 amide bonds. The maximum absolute atomic E-state index is 6.12. The first-order valence-electron chi connectivity index (χ1n) is 8.39. The topological polar surface area (TPSA) is 35.2 Å². The highest BCUT2D eigenvalue weighted by Crippen LogP contribution is 2.32. The second kappa shape index (κ2) is 7.80. The monoisotopic (exact) mass is 317 g/mol. The molecule has 0 atom stereocenters. The summed E-state index contributed by atoms with van der Waals surface area (Å²) in [6, 6.07) is 25.1. The first kappa shape index (κ1) is 16.3. The van der Waals surface area contributed by atoms with Gasteiger partial charge in [-0.2, -0.15) is 0 Å². The summed E-state index contributed by atoms with van der Waals surface area (Å²) in [5.74, 6) is 0.881.